The third-order valence-corrected chi connectivity index (χ3v) is 5.30. The number of hydrogen-bond donors (Lipinski definition) is 0. The van der Waals surface area contributed by atoms with Crippen molar-refractivity contribution >= 4 is 21.6 Å². The van der Waals surface area contributed by atoms with E-state index in [1.54, 1.807) is 51.4 Å². The molecule has 0 heterocycles. The quantitative estimate of drug-likeness (QED) is 0.745. The van der Waals surface area contributed by atoms with Gasteiger partial charge in [-0.05, 0) is 25.1 Å². The summed E-state index contributed by atoms with van der Waals surface area (Å²) in [5, 5.41) is 0. The van der Waals surface area contributed by atoms with Crippen LogP contribution in [0, 0.1) is 0 Å². The van der Waals surface area contributed by atoms with Crippen molar-refractivity contribution in [1.29, 1.82) is 0 Å². The fraction of sp³-hybridized carbons (Fsp3) is 0.316. The fourth-order valence-corrected chi connectivity index (χ4v) is 4.03. The highest BCUT2D eigenvalue weighted by molar-refractivity contribution is 7.92. The number of carbonyl (C=O) groups is 1. The standard InChI is InChI=1S/C19H24N2O4S/c1-15(21(26(4,23)24)17-11-6-5-7-12-17)19(22)20(2)14-16-10-8-9-13-18(16)25-3/h5-13,15H,14H2,1-4H3. The van der Waals surface area contributed by atoms with Gasteiger partial charge in [-0.2, -0.15) is 0 Å². The first-order valence-electron chi connectivity index (χ1n) is 8.17. The van der Waals surface area contributed by atoms with E-state index in [1.165, 1.54) is 4.90 Å². The minimum atomic E-state index is -3.62. The Morgan fingerprint density at radius 2 is 1.65 bits per heavy atom. The third-order valence-electron chi connectivity index (χ3n) is 4.05. The van der Waals surface area contributed by atoms with E-state index in [1.807, 2.05) is 24.3 Å². The van der Waals surface area contributed by atoms with E-state index in [2.05, 4.69) is 0 Å². The highest BCUT2D eigenvalue weighted by Crippen LogP contribution is 2.23. The van der Waals surface area contributed by atoms with Gasteiger partial charge in [0, 0.05) is 19.2 Å². The molecule has 2 aromatic rings. The number of methoxy groups -OCH3 is 1. The number of likely N-dealkylation sites (N-methyl/N-ethyl adjacent to an activating group) is 1. The number of sulfonamides is 1. The summed E-state index contributed by atoms with van der Waals surface area (Å²) in [5.41, 5.74) is 1.31. The van der Waals surface area contributed by atoms with Crippen molar-refractivity contribution in [2.45, 2.75) is 19.5 Å². The van der Waals surface area contributed by atoms with Crippen molar-refractivity contribution in [3.05, 3.63) is 60.2 Å². The van der Waals surface area contributed by atoms with Crippen LogP contribution in [0.5, 0.6) is 5.75 Å². The van der Waals surface area contributed by atoms with E-state index in [9.17, 15) is 13.2 Å². The molecule has 0 spiro atoms. The molecule has 0 aromatic heterocycles. The van der Waals surface area contributed by atoms with Gasteiger partial charge in [0.2, 0.25) is 15.9 Å². The minimum Gasteiger partial charge on any atom is -0.496 e. The number of nitrogens with zero attached hydrogens (tertiary/aromatic N) is 2. The highest BCUT2D eigenvalue weighted by Gasteiger charge is 2.31. The van der Waals surface area contributed by atoms with Gasteiger partial charge in [-0.15, -0.1) is 0 Å². The molecule has 140 valence electrons. The Morgan fingerprint density at radius 1 is 1.08 bits per heavy atom. The van der Waals surface area contributed by atoms with Crippen LogP contribution in [0.3, 0.4) is 0 Å². The topological polar surface area (TPSA) is 66.9 Å². The number of amides is 1. The number of carbonyl (C=O) groups excluding carboxylic acids is 1. The second-order valence-corrected chi connectivity index (χ2v) is 7.94. The third kappa shape index (κ3) is 4.54. The van der Waals surface area contributed by atoms with E-state index in [0.29, 0.717) is 18.0 Å². The van der Waals surface area contributed by atoms with Crippen molar-refractivity contribution in [2.75, 3.05) is 24.7 Å². The molecule has 0 radical (unpaired) electrons. The van der Waals surface area contributed by atoms with E-state index < -0.39 is 16.1 Å². The van der Waals surface area contributed by atoms with Crippen LogP contribution >= 0.6 is 0 Å². The fourth-order valence-electron chi connectivity index (χ4n) is 2.86. The van der Waals surface area contributed by atoms with Gasteiger partial charge < -0.3 is 9.64 Å². The molecule has 2 aromatic carbocycles. The van der Waals surface area contributed by atoms with Crippen LogP contribution in [0.2, 0.25) is 0 Å². The first kappa shape index (κ1) is 19.8. The maximum atomic E-state index is 12.9. The number of benzene rings is 2. The van der Waals surface area contributed by atoms with E-state index >= 15 is 0 Å². The second-order valence-electron chi connectivity index (χ2n) is 6.08. The zero-order chi connectivity index (χ0) is 19.3. The molecule has 6 nitrogen and oxygen atoms in total. The molecule has 0 aliphatic rings. The molecule has 2 rings (SSSR count). The van der Waals surface area contributed by atoms with E-state index in [4.69, 9.17) is 4.74 Å². The molecule has 1 amide bonds. The van der Waals surface area contributed by atoms with Crippen LogP contribution in [0.1, 0.15) is 12.5 Å². The van der Waals surface area contributed by atoms with E-state index in [-0.39, 0.29) is 5.91 Å². The van der Waals surface area contributed by atoms with Crippen LogP contribution in [-0.2, 0) is 21.4 Å². The lowest BCUT2D eigenvalue weighted by molar-refractivity contribution is -0.131. The van der Waals surface area contributed by atoms with Gasteiger partial charge >= 0.3 is 0 Å². The molecule has 26 heavy (non-hydrogen) atoms. The normalized spacial score (nSPS) is 12.3. The van der Waals surface area contributed by atoms with Crippen LogP contribution in [0.15, 0.2) is 54.6 Å². The van der Waals surface area contributed by atoms with Gasteiger partial charge in [0.15, 0.2) is 0 Å². The lowest BCUT2D eigenvalue weighted by Gasteiger charge is -2.31. The first-order valence-corrected chi connectivity index (χ1v) is 10.0. The zero-order valence-corrected chi connectivity index (χ0v) is 16.2. The van der Waals surface area contributed by atoms with Crippen molar-refractivity contribution < 1.29 is 17.9 Å². The average molecular weight is 376 g/mol. The molecule has 0 saturated heterocycles. The Bertz CT molecular complexity index is 853. The summed E-state index contributed by atoms with van der Waals surface area (Å²) in [5.74, 6) is 0.382. The molecule has 0 saturated carbocycles. The molecule has 0 N–H and O–H groups in total. The molecule has 0 fully saturated rings. The predicted molar refractivity (Wildman–Crippen MR) is 103 cm³/mol. The Balaban J connectivity index is 2.25. The van der Waals surface area contributed by atoms with Crippen LogP contribution in [0.4, 0.5) is 5.69 Å². The first-order chi connectivity index (χ1) is 12.3. The molecule has 0 bridgehead atoms. The summed E-state index contributed by atoms with van der Waals surface area (Å²) < 4.78 is 31.0. The number of ether oxygens (including phenoxy) is 1. The minimum absolute atomic E-state index is 0.301. The van der Waals surface area contributed by atoms with Gasteiger partial charge in [0.1, 0.15) is 11.8 Å². The van der Waals surface area contributed by atoms with Crippen molar-refractivity contribution in [3.8, 4) is 5.75 Å². The summed E-state index contributed by atoms with van der Waals surface area (Å²) in [4.78, 5) is 14.4. The van der Waals surface area contributed by atoms with Crippen LogP contribution in [-0.4, -0.2) is 45.7 Å². The largest absolute Gasteiger partial charge is 0.496 e. The Kier molecular flexibility index (Phi) is 6.26. The van der Waals surface area contributed by atoms with Crippen LogP contribution in [0.25, 0.3) is 0 Å². The Hall–Kier alpha value is -2.54. The predicted octanol–water partition coefficient (Wildman–Crippen LogP) is 2.51. The van der Waals surface area contributed by atoms with Gasteiger partial charge in [-0.25, -0.2) is 8.42 Å². The molecule has 1 unspecified atom stereocenters. The number of rotatable bonds is 7. The number of anilines is 1. The highest BCUT2D eigenvalue weighted by atomic mass is 32.2. The SMILES string of the molecule is COc1ccccc1CN(C)C(=O)C(C)N(c1ccccc1)S(C)(=O)=O. The van der Waals surface area contributed by atoms with Crippen molar-refractivity contribution in [2.24, 2.45) is 0 Å². The molecular formula is C19H24N2O4S. The summed E-state index contributed by atoms with van der Waals surface area (Å²) >= 11 is 0. The molecule has 0 aliphatic carbocycles. The van der Waals surface area contributed by atoms with Crippen molar-refractivity contribution in [1.82, 2.24) is 4.90 Å². The summed E-state index contributed by atoms with van der Waals surface area (Å²) in [6.45, 7) is 1.91. The average Bonchev–Trinajstić information content (AvgIpc) is 2.61. The Labute approximate surface area is 155 Å². The van der Waals surface area contributed by atoms with Gasteiger partial charge in [0.25, 0.3) is 0 Å². The molecule has 7 heteroatoms. The number of para-hydroxylation sites is 2. The lowest BCUT2D eigenvalue weighted by Crippen LogP contribution is -2.48. The second kappa shape index (κ2) is 8.23. The molecule has 1 atom stereocenters. The van der Waals surface area contributed by atoms with Gasteiger partial charge in [-0.1, -0.05) is 36.4 Å². The number of hydrogen-bond acceptors (Lipinski definition) is 4. The van der Waals surface area contributed by atoms with E-state index in [0.717, 1.165) is 16.1 Å². The zero-order valence-electron chi connectivity index (χ0n) is 15.4. The summed E-state index contributed by atoms with van der Waals surface area (Å²) in [6, 6.07) is 15.2. The van der Waals surface area contributed by atoms with Gasteiger partial charge in [0.05, 0.1) is 19.1 Å². The smallest absolute Gasteiger partial charge is 0.246 e. The monoisotopic (exact) mass is 376 g/mol. The molecular weight excluding hydrogens is 352 g/mol. The maximum Gasteiger partial charge on any atom is 0.246 e. The van der Waals surface area contributed by atoms with Crippen LogP contribution < -0.4 is 9.04 Å². The summed E-state index contributed by atoms with van der Waals surface area (Å²) in [7, 11) is -0.397. The molecule has 0 aliphatic heterocycles. The lowest BCUT2D eigenvalue weighted by atomic mass is 10.1. The van der Waals surface area contributed by atoms with Crippen molar-refractivity contribution in [3.63, 3.8) is 0 Å². The maximum absolute atomic E-state index is 12.9. The Morgan fingerprint density at radius 3 is 2.23 bits per heavy atom. The van der Waals surface area contributed by atoms with Gasteiger partial charge in [-0.3, -0.25) is 9.10 Å². The summed E-state index contributed by atoms with van der Waals surface area (Å²) in [6.07, 6.45) is 1.10.